The number of alkyl halides is 1. The summed E-state index contributed by atoms with van der Waals surface area (Å²) in [7, 11) is 0. The molecule has 0 aliphatic carbocycles. The van der Waals surface area contributed by atoms with E-state index in [1.54, 1.807) is 0 Å². The van der Waals surface area contributed by atoms with Crippen molar-refractivity contribution in [2.24, 2.45) is 0 Å². The zero-order chi connectivity index (χ0) is 12.4. The number of carboxylic acids is 1. The zero-order valence-electron chi connectivity index (χ0n) is 10.2. The Hall–Kier alpha value is -0.860. The van der Waals surface area contributed by atoms with Crippen molar-refractivity contribution in [1.82, 2.24) is 0 Å². The van der Waals surface area contributed by atoms with E-state index in [1.165, 1.54) is 25.7 Å². The second kappa shape index (κ2) is 9.37. The van der Waals surface area contributed by atoms with E-state index in [0.29, 0.717) is 6.42 Å². The summed E-state index contributed by atoms with van der Waals surface area (Å²) in [4.78, 5) is 10.4. The van der Waals surface area contributed by atoms with Gasteiger partial charge in [0.05, 0.1) is 5.57 Å². The number of hydrogen-bond acceptors (Lipinski definition) is 1. The van der Waals surface area contributed by atoms with Crippen LogP contribution in [0.5, 0.6) is 0 Å². The van der Waals surface area contributed by atoms with Crippen molar-refractivity contribution >= 4 is 5.97 Å². The molecule has 0 rings (SSSR count). The Labute approximate surface area is 97.6 Å². The number of rotatable bonds is 10. The molecule has 16 heavy (non-hydrogen) atoms. The Morgan fingerprint density at radius 3 is 2.19 bits per heavy atom. The van der Waals surface area contributed by atoms with E-state index in [2.05, 4.69) is 13.5 Å². The van der Waals surface area contributed by atoms with Gasteiger partial charge in [-0.05, 0) is 6.42 Å². The molecule has 0 amide bonds. The fourth-order valence-electron chi connectivity index (χ4n) is 1.59. The van der Waals surface area contributed by atoms with Gasteiger partial charge in [-0.3, -0.25) is 0 Å². The van der Waals surface area contributed by atoms with E-state index in [9.17, 15) is 9.18 Å². The zero-order valence-corrected chi connectivity index (χ0v) is 10.2. The van der Waals surface area contributed by atoms with Crippen molar-refractivity contribution in [3.05, 3.63) is 12.2 Å². The lowest BCUT2D eigenvalue weighted by Gasteiger charge is -2.07. The van der Waals surface area contributed by atoms with Crippen LogP contribution in [-0.4, -0.2) is 17.2 Å². The van der Waals surface area contributed by atoms with Crippen LogP contribution in [0.4, 0.5) is 4.39 Å². The summed E-state index contributed by atoms with van der Waals surface area (Å²) in [5.74, 6) is -1.23. The summed E-state index contributed by atoms with van der Waals surface area (Å²) in [6, 6.07) is 0. The Balaban J connectivity index is 3.38. The molecule has 2 nitrogen and oxygen atoms in total. The normalized spacial score (nSPS) is 12.4. The van der Waals surface area contributed by atoms with Gasteiger partial charge in [0.2, 0.25) is 0 Å². The molecule has 0 aliphatic heterocycles. The van der Waals surface area contributed by atoms with Crippen molar-refractivity contribution in [3.63, 3.8) is 0 Å². The van der Waals surface area contributed by atoms with Gasteiger partial charge < -0.3 is 5.11 Å². The number of hydrogen-bond donors (Lipinski definition) is 1. The summed E-state index contributed by atoms with van der Waals surface area (Å²) in [6.45, 7) is 5.39. The lowest BCUT2D eigenvalue weighted by atomic mass is 10.0. The Morgan fingerprint density at radius 2 is 1.69 bits per heavy atom. The third kappa shape index (κ3) is 7.43. The van der Waals surface area contributed by atoms with Crippen LogP contribution in [0.1, 0.15) is 58.3 Å². The molecule has 1 N–H and O–H groups in total. The van der Waals surface area contributed by atoms with Gasteiger partial charge in [0.15, 0.2) is 0 Å². The van der Waals surface area contributed by atoms with Crippen LogP contribution in [0.3, 0.4) is 0 Å². The van der Waals surface area contributed by atoms with Gasteiger partial charge >= 0.3 is 5.97 Å². The second-order valence-electron chi connectivity index (χ2n) is 4.21. The van der Waals surface area contributed by atoms with Gasteiger partial charge in [0.25, 0.3) is 0 Å². The summed E-state index contributed by atoms with van der Waals surface area (Å²) >= 11 is 0. The number of aliphatic carboxylic acids is 1. The molecule has 0 saturated carbocycles. The maximum atomic E-state index is 13.2. The molecular formula is C13H23FO2. The second-order valence-corrected chi connectivity index (χ2v) is 4.21. The highest BCUT2D eigenvalue weighted by molar-refractivity contribution is 5.86. The standard InChI is InChI=1S/C13H23FO2/c1-3-4-5-6-7-8-9-10-12(14)11(2)13(15)16/h12H,2-10H2,1H3,(H,15,16). The first-order valence-electron chi connectivity index (χ1n) is 6.15. The predicted molar refractivity (Wildman–Crippen MR) is 64.3 cm³/mol. The molecule has 0 aromatic carbocycles. The molecule has 0 radical (unpaired) electrons. The maximum Gasteiger partial charge on any atom is 0.333 e. The average molecular weight is 230 g/mol. The van der Waals surface area contributed by atoms with Gasteiger partial charge in [-0.2, -0.15) is 0 Å². The molecule has 1 atom stereocenters. The molecule has 0 aliphatic rings. The monoisotopic (exact) mass is 230 g/mol. The minimum atomic E-state index is -1.38. The minimum Gasteiger partial charge on any atom is -0.478 e. The number of unbranched alkanes of at least 4 members (excludes halogenated alkanes) is 6. The van der Waals surface area contributed by atoms with Gasteiger partial charge in [-0.15, -0.1) is 0 Å². The van der Waals surface area contributed by atoms with Crippen LogP contribution < -0.4 is 0 Å². The number of carboxylic acid groups (broad SMARTS) is 1. The molecule has 3 heteroatoms. The summed E-state index contributed by atoms with van der Waals surface area (Å²) < 4.78 is 13.2. The highest BCUT2D eigenvalue weighted by Gasteiger charge is 2.16. The maximum absolute atomic E-state index is 13.2. The molecule has 0 heterocycles. The van der Waals surface area contributed by atoms with Crippen molar-refractivity contribution < 1.29 is 14.3 Å². The predicted octanol–water partition coefficient (Wildman–Crippen LogP) is 4.11. The first kappa shape index (κ1) is 15.1. The van der Waals surface area contributed by atoms with Crippen LogP contribution in [0.15, 0.2) is 12.2 Å². The van der Waals surface area contributed by atoms with Gasteiger partial charge in [-0.1, -0.05) is 58.4 Å². The SMILES string of the molecule is C=C(C(=O)O)C(F)CCCCCCCCC. The molecule has 0 saturated heterocycles. The van der Waals surface area contributed by atoms with Gasteiger partial charge in [0, 0.05) is 0 Å². The van der Waals surface area contributed by atoms with E-state index >= 15 is 0 Å². The van der Waals surface area contributed by atoms with Crippen molar-refractivity contribution in [2.75, 3.05) is 0 Å². The van der Waals surface area contributed by atoms with Crippen molar-refractivity contribution in [1.29, 1.82) is 0 Å². The molecule has 1 unspecified atom stereocenters. The van der Waals surface area contributed by atoms with Crippen LogP contribution in [0.25, 0.3) is 0 Å². The van der Waals surface area contributed by atoms with E-state index in [4.69, 9.17) is 5.11 Å². The smallest absolute Gasteiger partial charge is 0.333 e. The molecule has 94 valence electrons. The number of carbonyl (C=O) groups is 1. The van der Waals surface area contributed by atoms with E-state index in [0.717, 1.165) is 19.3 Å². The third-order valence-corrected chi connectivity index (χ3v) is 2.71. The summed E-state index contributed by atoms with van der Waals surface area (Å²) in [5, 5.41) is 8.51. The van der Waals surface area contributed by atoms with E-state index < -0.39 is 12.1 Å². The van der Waals surface area contributed by atoms with Crippen molar-refractivity contribution in [2.45, 2.75) is 64.5 Å². The van der Waals surface area contributed by atoms with Crippen LogP contribution in [-0.2, 0) is 4.79 Å². The lowest BCUT2D eigenvalue weighted by molar-refractivity contribution is -0.133. The fraction of sp³-hybridized carbons (Fsp3) is 0.769. The molecule has 0 aromatic rings. The van der Waals surface area contributed by atoms with Gasteiger partial charge in [-0.25, -0.2) is 9.18 Å². The quantitative estimate of drug-likeness (QED) is 0.453. The first-order valence-corrected chi connectivity index (χ1v) is 6.15. The Morgan fingerprint density at radius 1 is 1.19 bits per heavy atom. The largest absolute Gasteiger partial charge is 0.478 e. The summed E-state index contributed by atoms with van der Waals surface area (Å²) in [5.41, 5.74) is -0.314. The van der Waals surface area contributed by atoms with Crippen LogP contribution in [0.2, 0.25) is 0 Å². The Bertz CT molecular complexity index is 214. The van der Waals surface area contributed by atoms with Crippen molar-refractivity contribution in [3.8, 4) is 0 Å². The molecule has 0 fully saturated rings. The van der Waals surface area contributed by atoms with E-state index in [1.807, 2.05) is 0 Å². The molecule has 0 bridgehead atoms. The topological polar surface area (TPSA) is 37.3 Å². The number of halogens is 1. The fourth-order valence-corrected chi connectivity index (χ4v) is 1.59. The first-order chi connectivity index (χ1) is 7.59. The molecular weight excluding hydrogens is 207 g/mol. The molecule has 0 spiro atoms. The molecule has 0 aromatic heterocycles. The summed E-state index contributed by atoms with van der Waals surface area (Å²) in [6.07, 6.45) is 6.70. The average Bonchev–Trinajstić information content (AvgIpc) is 2.26. The van der Waals surface area contributed by atoms with Gasteiger partial charge in [0.1, 0.15) is 6.17 Å². The third-order valence-electron chi connectivity index (χ3n) is 2.71. The van der Waals surface area contributed by atoms with Crippen LogP contribution >= 0.6 is 0 Å². The van der Waals surface area contributed by atoms with Crippen LogP contribution in [0, 0.1) is 0 Å². The lowest BCUT2D eigenvalue weighted by Crippen LogP contribution is -2.12. The van der Waals surface area contributed by atoms with E-state index in [-0.39, 0.29) is 5.57 Å². The highest BCUT2D eigenvalue weighted by Crippen LogP contribution is 2.15. The Kier molecular flexibility index (Phi) is 8.87. The highest BCUT2D eigenvalue weighted by atomic mass is 19.1. The minimum absolute atomic E-state index is 0.291.